The van der Waals surface area contributed by atoms with Crippen molar-refractivity contribution in [1.29, 1.82) is 0 Å². The van der Waals surface area contributed by atoms with Crippen LogP contribution in [0.2, 0.25) is 0 Å². The van der Waals surface area contributed by atoms with Crippen LogP contribution in [0, 0.1) is 0 Å². The van der Waals surface area contributed by atoms with Crippen molar-refractivity contribution >= 4 is 44.3 Å². The second-order valence-electron chi connectivity index (χ2n) is 10.4. The van der Waals surface area contributed by atoms with Crippen molar-refractivity contribution in [2.75, 3.05) is 16.8 Å². The maximum Gasteiger partial charge on any atom is 0.0462 e. The second-order valence-corrected chi connectivity index (χ2v) is 10.4. The summed E-state index contributed by atoms with van der Waals surface area (Å²) >= 11 is 0. The van der Waals surface area contributed by atoms with E-state index in [1.165, 1.54) is 38.4 Å². The molecule has 0 aliphatic heterocycles. The predicted molar refractivity (Wildman–Crippen MR) is 183 cm³/mol. The topological polar surface area (TPSA) is 6.48 Å². The zero-order valence-electron chi connectivity index (χ0n) is 24.1. The maximum atomic E-state index is 4.07. The van der Waals surface area contributed by atoms with Gasteiger partial charge in [-0.05, 0) is 112 Å². The van der Waals surface area contributed by atoms with Crippen LogP contribution in [0.5, 0.6) is 0 Å². The number of hydrogen-bond donors (Lipinski definition) is 0. The molecule has 0 aliphatic rings. The average molecular weight is 543 g/mol. The van der Waals surface area contributed by atoms with Gasteiger partial charge in [0.25, 0.3) is 0 Å². The predicted octanol–water partition coefficient (Wildman–Crippen LogP) is 11.2. The van der Waals surface area contributed by atoms with Gasteiger partial charge >= 0.3 is 0 Å². The first-order chi connectivity index (χ1) is 20.6. The Labute approximate surface area is 248 Å². The molecule has 42 heavy (non-hydrogen) atoms. The van der Waals surface area contributed by atoms with Gasteiger partial charge in [0, 0.05) is 35.5 Å². The highest BCUT2D eigenvalue weighted by atomic mass is 15.1. The van der Waals surface area contributed by atoms with Crippen LogP contribution in [0.1, 0.15) is 6.92 Å². The highest BCUT2D eigenvalue weighted by Crippen LogP contribution is 2.34. The lowest BCUT2D eigenvalue weighted by atomic mass is 10.0. The van der Waals surface area contributed by atoms with E-state index in [1.807, 2.05) is 31.2 Å². The van der Waals surface area contributed by atoms with Crippen LogP contribution >= 0.6 is 0 Å². The number of fused-ring (bicyclic) bond motifs is 2. The number of nitrogens with zero attached hydrogens (tertiary/aromatic N) is 2. The van der Waals surface area contributed by atoms with Crippen LogP contribution in [-0.2, 0) is 0 Å². The summed E-state index contributed by atoms with van der Waals surface area (Å²) in [5.41, 5.74) is 7.87. The summed E-state index contributed by atoms with van der Waals surface area (Å²) in [5, 5.41) is 5.04. The van der Waals surface area contributed by atoms with Crippen molar-refractivity contribution in [3.63, 3.8) is 0 Å². The molecular weight excluding hydrogens is 508 g/mol. The monoisotopic (exact) mass is 542 g/mol. The van der Waals surface area contributed by atoms with Crippen LogP contribution in [0.15, 0.2) is 170 Å². The number of benzene rings is 6. The average Bonchev–Trinajstić information content (AvgIpc) is 3.05. The Kier molecular flexibility index (Phi) is 7.70. The fraction of sp³-hybridized carbons (Fsp3) is 0.0500. The van der Waals surface area contributed by atoms with Crippen molar-refractivity contribution in [2.45, 2.75) is 6.92 Å². The lowest BCUT2D eigenvalue weighted by Crippen LogP contribution is -2.14. The molecule has 0 saturated carbocycles. The Hall–Kier alpha value is -5.34. The Bertz CT molecular complexity index is 1900. The van der Waals surface area contributed by atoms with E-state index in [9.17, 15) is 0 Å². The van der Waals surface area contributed by atoms with Gasteiger partial charge in [0.2, 0.25) is 0 Å². The summed E-state index contributed by atoms with van der Waals surface area (Å²) < 4.78 is 0. The third-order valence-electron chi connectivity index (χ3n) is 7.73. The molecule has 0 bridgehead atoms. The lowest BCUT2D eigenvalue weighted by molar-refractivity contribution is 1.21. The zero-order chi connectivity index (χ0) is 28.9. The Balaban J connectivity index is 1.25. The molecular formula is C40H34N2. The molecule has 0 fully saturated rings. The molecule has 6 rings (SSSR count). The summed E-state index contributed by atoms with van der Waals surface area (Å²) in [6.07, 6.45) is 8.05. The van der Waals surface area contributed by atoms with Gasteiger partial charge in [-0.25, -0.2) is 0 Å². The minimum atomic E-state index is 1.02. The first-order valence-electron chi connectivity index (χ1n) is 14.3. The fourth-order valence-electron chi connectivity index (χ4n) is 5.42. The molecule has 0 spiro atoms. The van der Waals surface area contributed by atoms with E-state index in [-0.39, 0.29) is 0 Å². The number of allylic oxidation sites excluding steroid dienone is 4. The molecule has 0 aliphatic carbocycles. The molecule has 204 valence electrons. The minimum Gasteiger partial charge on any atom is -0.345 e. The van der Waals surface area contributed by atoms with Crippen LogP contribution < -0.4 is 9.80 Å². The van der Waals surface area contributed by atoms with Crippen LogP contribution in [0.25, 0.3) is 32.7 Å². The molecule has 0 saturated heterocycles. The van der Waals surface area contributed by atoms with E-state index in [0.29, 0.717) is 0 Å². The molecule has 0 aromatic heterocycles. The number of hydrogen-bond acceptors (Lipinski definition) is 2. The molecule has 0 N–H and O–H groups in total. The highest BCUT2D eigenvalue weighted by molar-refractivity contribution is 5.99. The van der Waals surface area contributed by atoms with E-state index in [2.05, 4.69) is 157 Å². The SMILES string of the molecule is C=C/C(=C\C=C/C)N(c1ccccc1)c1ccc(-c2ccc(N(C)c3ccc4cc5ccccc5cc4c3)cc2)cc1. The highest BCUT2D eigenvalue weighted by Gasteiger charge is 2.13. The van der Waals surface area contributed by atoms with Gasteiger partial charge in [-0.1, -0.05) is 91.5 Å². The quantitative estimate of drug-likeness (QED) is 0.139. The number of anilines is 4. The summed E-state index contributed by atoms with van der Waals surface area (Å²) in [5.74, 6) is 0. The third-order valence-corrected chi connectivity index (χ3v) is 7.73. The van der Waals surface area contributed by atoms with Crippen molar-refractivity contribution in [3.05, 3.63) is 170 Å². The first kappa shape index (κ1) is 26.9. The van der Waals surface area contributed by atoms with Gasteiger partial charge in [-0.3, -0.25) is 0 Å². The molecule has 0 radical (unpaired) electrons. The van der Waals surface area contributed by atoms with E-state index in [1.54, 1.807) is 0 Å². The van der Waals surface area contributed by atoms with Gasteiger partial charge in [0.15, 0.2) is 0 Å². The Morgan fingerprint density at radius 3 is 1.69 bits per heavy atom. The standard InChI is InChI=1S/C40H34N2/c1-4-6-14-36(5-2)42(38-15-8-7-9-16-38)39-24-19-31(20-25-39)30-17-22-37(23-18-30)41(3)40-26-21-34-27-32-12-10-11-13-33(32)28-35(34)29-40/h4-29H,2H2,1,3H3/b6-4-,36-14+. The summed E-state index contributed by atoms with van der Waals surface area (Å²) in [6.45, 7) is 6.09. The normalized spacial score (nSPS) is 11.7. The first-order valence-corrected chi connectivity index (χ1v) is 14.3. The van der Waals surface area contributed by atoms with E-state index >= 15 is 0 Å². The van der Waals surface area contributed by atoms with Crippen molar-refractivity contribution in [1.82, 2.24) is 0 Å². The van der Waals surface area contributed by atoms with Crippen LogP contribution in [0.3, 0.4) is 0 Å². The van der Waals surface area contributed by atoms with Gasteiger partial charge in [0.05, 0.1) is 0 Å². The van der Waals surface area contributed by atoms with E-state index in [0.717, 1.165) is 22.8 Å². The van der Waals surface area contributed by atoms with E-state index in [4.69, 9.17) is 0 Å². The van der Waals surface area contributed by atoms with E-state index < -0.39 is 0 Å². The molecule has 2 heteroatoms. The maximum absolute atomic E-state index is 4.07. The fourth-order valence-corrected chi connectivity index (χ4v) is 5.42. The summed E-state index contributed by atoms with van der Waals surface area (Å²) in [7, 11) is 2.13. The molecule has 0 amide bonds. The van der Waals surface area contributed by atoms with Crippen molar-refractivity contribution in [2.24, 2.45) is 0 Å². The minimum absolute atomic E-state index is 1.02. The van der Waals surface area contributed by atoms with Crippen LogP contribution in [-0.4, -0.2) is 7.05 Å². The molecule has 0 atom stereocenters. The Morgan fingerprint density at radius 1 is 0.548 bits per heavy atom. The summed E-state index contributed by atoms with van der Waals surface area (Å²) in [6, 6.07) is 47.7. The largest absolute Gasteiger partial charge is 0.345 e. The van der Waals surface area contributed by atoms with Crippen molar-refractivity contribution < 1.29 is 0 Å². The molecule has 0 unspecified atom stereocenters. The van der Waals surface area contributed by atoms with Gasteiger partial charge in [0.1, 0.15) is 0 Å². The number of para-hydroxylation sites is 1. The zero-order valence-corrected chi connectivity index (χ0v) is 24.1. The number of rotatable bonds is 8. The molecule has 6 aromatic carbocycles. The smallest absolute Gasteiger partial charge is 0.0462 e. The van der Waals surface area contributed by atoms with Gasteiger partial charge in [-0.2, -0.15) is 0 Å². The second kappa shape index (κ2) is 12.0. The van der Waals surface area contributed by atoms with Gasteiger partial charge < -0.3 is 9.80 Å². The lowest BCUT2D eigenvalue weighted by Gasteiger charge is -2.26. The molecule has 0 heterocycles. The Morgan fingerprint density at radius 2 is 1.07 bits per heavy atom. The van der Waals surface area contributed by atoms with Crippen LogP contribution in [0.4, 0.5) is 22.7 Å². The molecule has 6 aromatic rings. The third kappa shape index (κ3) is 5.48. The van der Waals surface area contributed by atoms with Gasteiger partial charge in [-0.15, -0.1) is 0 Å². The van der Waals surface area contributed by atoms with Crippen molar-refractivity contribution in [3.8, 4) is 11.1 Å². The summed E-state index contributed by atoms with van der Waals surface area (Å²) in [4.78, 5) is 4.47. The molecule has 2 nitrogen and oxygen atoms in total.